The lowest BCUT2D eigenvalue weighted by Crippen LogP contribution is -2.17. The molecule has 0 aromatic carbocycles. The molecule has 0 spiro atoms. The van der Waals surface area contributed by atoms with E-state index in [9.17, 15) is 0 Å². The van der Waals surface area contributed by atoms with Crippen molar-refractivity contribution in [2.24, 2.45) is 5.73 Å². The van der Waals surface area contributed by atoms with Gasteiger partial charge in [-0.15, -0.1) is 0 Å². The number of hydrogen-bond acceptors (Lipinski definition) is 4. The van der Waals surface area contributed by atoms with Crippen LogP contribution in [0.4, 0.5) is 0 Å². The Morgan fingerprint density at radius 3 is 2.68 bits per heavy atom. The zero-order valence-corrected chi connectivity index (χ0v) is 13.3. The highest BCUT2D eigenvalue weighted by Crippen LogP contribution is 2.28. The lowest BCUT2D eigenvalue weighted by Gasteiger charge is -2.08. The van der Waals surface area contributed by atoms with E-state index < -0.39 is 0 Å². The van der Waals surface area contributed by atoms with Crippen molar-refractivity contribution in [3.63, 3.8) is 0 Å². The Bertz CT molecular complexity index is 555. The molecule has 2 rings (SSSR count). The van der Waals surface area contributed by atoms with Crippen LogP contribution in [0, 0.1) is 6.92 Å². The lowest BCUT2D eigenvalue weighted by molar-refractivity contribution is 0.733. The predicted octanol–water partition coefficient (Wildman–Crippen LogP) is 3.59. The van der Waals surface area contributed by atoms with Crippen molar-refractivity contribution in [3.05, 3.63) is 46.2 Å². The van der Waals surface area contributed by atoms with E-state index in [1.807, 2.05) is 25.3 Å². The van der Waals surface area contributed by atoms with Gasteiger partial charge >= 0.3 is 0 Å². The Morgan fingerprint density at radius 1 is 1.32 bits per heavy atom. The van der Waals surface area contributed by atoms with Crippen LogP contribution < -0.4 is 5.73 Å². The zero-order chi connectivity index (χ0) is 13.8. The first-order valence-electron chi connectivity index (χ1n) is 6.05. The van der Waals surface area contributed by atoms with Gasteiger partial charge in [0, 0.05) is 22.9 Å². The Hall–Kier alpha value is -0.910. The fourth-order valence-electron chi connectivity index (χ4n) is 1.73. The van der Waals surface area contributed by atoms with E-state index in [4.69, 9.17) is 5.73 Å². The summed E-state index contributed by atoms with van der Waals surface area (Å²) in [6.07, 6.45) is 4.55. The van der Waals surface area contributed by atoms with Crippen molar-refractivity contribution >= 4 is 27.7 Å². The molecular weight excluding hydrogens is 322 g/mol. The van der Waals surface area contributed by atoms with E-state index in [2.05, 4.69) is 38.9 Å². The molecule has 0 saturated heterocycles. The highest BCUT2D eigenvalue weighted by Gasteiger charge is 2.06. The minimum Gasteiger partial charge on any atom is -0.328 e. The van der Waals surface area contributed by atoms with Gasteiger partial charge in [0.2, 0.25) is 0 Å². The van der Waals surface area contributed by atoms with Gasteiger partial charge in [0.25, 0.3) is 0 Å². The molecule has 0 amide bonds. The average molecular weight is 338 g/mol. The third kappa shape index (κ3) is 4.30. The first kappa shape index (κ1) is 14.5. The molecule has 19 heavy (non-hydrogen) atoms. The van der Waals surface area contributed by atoms with Gasteiger partial charge in [0.15, 0.2) is 0 Å². The van der Waals surface area contributed by atoms with Crippen LogP contribution in [0.25, 0.3) is 0 Å². The van der Waals surface area contributed by atoms with Crippen LogP contribution in [0.1, 0.15) is 18.1 Å². The maximum absolute atomic E-state index is 5.80. The minimum atomic E-state index is 0.160. The number of pyridine rings is 2. The summed E-state index contributed by atoms with van der Waals surface area (Å²) in [5.74, 6) is 0. The van der Waals surface area contributed by atoms with Crippen LogP contribution >= 0.6 is 27.7 Å². The summed E-state index contributed by atoms with van der Waals surface area (Å²) in [7, 11) is 0. The van der Waals surface area contributed by atoms with Crippen LogP contribution in [0.2, 0.25) is 0 Å². The van der Waals surface area contributed by atoms with Crippen molar-refractivity contribution in [2.45, 2.75) is 36.4 Å². The maximum atomic E-state index is 5.80. The topological polar surface area (TPSA) is 51.8 Å². The quantitative estimate of drug-likeness (QED) is 0.926. The van der Waals surface area contributed by atoms with E-state index in [1.165, 1.54) is 5.56 Å². The molecule has 0 fully saturated rings. The van der Waals surface area contributed by atoms with Crippen LogP contribution in [0.15, 0.2) is 45.1 Å². The van der Waals surface area contributed by atoms with Crippen LogP contribution in [-0.4, -0.2) is 16.0 Å². The van der Waals surface area contributed by atoms with Gasteiger partial charge in [0.1, 0.15) is 10.1 Å². The normalized spacial score (nSPS) is 12.4. The van der Waals surface area contributed by atoms with Crippen molar-refractivity contribution in [3.8, 4) is 0 Å². The maximum Gasteiger partial charge on any atom is 0.105 e. The standard InChI is InChI=1S/C14H16BrN3S/c1-9-5-11(6-10(2)16)7-18-14(9)19-13-4-3-12(15)8-17-13/h3-5,7-8,10H,6,16H2,1-2H3. The van der Waals surface area contributed by atoms with Gasteiger partial charge in [-0.05, 0) is 71.2 Å². The minimum absolute atomic E-state index is 0.160. The molecule has 2 aromatic rings. The molecule has 0 aliphatic rings. The van der Waals surface area contributed by atoms with E-state index in [-0.39, 0.29) is 6.04 Å². The summed E-state index contributed by atoms with van der Waals surface area (Å²) in [4.78, 5) is 8.85. The van der Waals surface area contributed by atoms with Crippen LogP contribution in [0.5, 0.6) is 0 Å². The summed E-state index contributed by atoms with van der Waals surface area (Å²) in [5.41, 5.74) is 8.14. The van der Waals surface area contributed by atoms with E-state index in [1.54, 1.807) is 18.0 Å². The molecule has 3 nitrogen and oxygen atoms in total. The average Bonchev–Trinajstić information content (AvgIpc) is 2.34. The molecule has 0 radical (unpaired) electrons. The third-order valence-electron chi connectivity index (χ3n) is 2.55. The molecule has 0 aliphatic heterocycles. The Morgan fingerprint density at radius 2 is 2.11 bits per heavy atom. The summed E-state index contributed by atoms with van der Waals surface area (Å²) >= 11 is 4.95. The van der Waals surface area contributed by atoms with Crippen molar-refractivity contribution < 1.29 is 0 Å². The second-order valence-electron chi connectivity index (χ2n) is 4.56. The van der Waals surface area contributed by atoms with Gasteiger partial charge in [-0.1, -0.05) is 6.07 Å². The van der Waals surface area contributed by atoms with Crippen molar-refractivity contribution in [2.75, 3.05) is 0 Å². The number of nitrogens with zero attached hydrogens (tertiary/aromatic N) is 2. The summed E-state index contributed by atoms with van der Waals surface area (Å²) in [6, 6.07) is 6.27. The van der Waals surface area contributed by atoms with Crippen LogP contribution in [0.3, 0.4) is 0 Å². The van der Waals surface area contributed by atoms with Gasteiger partial charge in [-0.25, -0.2) is 9.97 Å². The molecule has 5 heteroatoms. The van der Waals surface area contributed by atoms with Gasteiger partial charge in [0.05, 0.1) is 0 Å². The molecular formula is C14H16BrN3S. The number of nitrogens with two attached hydrogens (primary N) is 1. The van der Waals surface area contributed by atoms with E-state index in [0.29, 0.717) is 0 Å². The largest absolute Gasteiger partial charge is 0.328 e. The van der Waals surface area contributed by atoms with Gasteiger partial charge in [-0.2, -0.15) is 0 Å². The van der Waals surface area contributed by atoms with Gasteiger partial charge < -0.3 is 5.73 Å². The molecule has 2 aromatic heterocycles. The Kier molecular flexibility index (Phi) is 4.96. The highest BCUT2D eigenvalue weighted by atomic mass is 79.9. The fraction of sp³-hybridized carbons (Fsp3) is 0.286. The second kappa shape index (κ2) is 6.50. The van der Waals surface area contributed by atoms with E-state index >= 15 is 0 Å². The highest BCUT2D eigenvalue weighted by molar-refractivity contribution is 9.10. The smallest absolute Gasteiger partial charge is 0.105 e. The summed E-state index contributed by atoms with van der Waals surface area (Å²) < 4.78 is 0.980. The first-order chi connectivity index (χ1) is 9.04. The second-order valence-corrected chi connectivity index (χ2v) is 6.49. The predicted molar refractivity (Wildman–Crippen MR) is 82.4 cm³/mol. The van der Waals surface area contributed by atoms with E-state index in [0.717, 1.165) is 26.5 Å². The molecule has 1 unspecified atom stereocenters. The SMILES string of the molecule is Cc1cc(CC(C)N)cnc1Sc1ccc(Br)cn1. The molecule has 2 heterocycles. The summed E-state index contributed by atoms with van der Waals surface area (Å²) in [5, 5.41) is 1.93. The Labute approximate surface area is 126 Å². The number of hydrogen-bond donors (Lipinski definition) is 1. The number of halogens is 1. The molecule has 0 aliphatic carbocycles. The van der Waals surface area contributed by atoms with Crippen LogP contribution in [-0.2, 0) is 6.42 Å². The zero-order valence-electron chi connectivity index (χ0n) is 10.9. The third-order valence-corrected chi connectivity index (χ3v) is 4.09. The van der Waals surface area contributed by atoms with Crippen molar-refractivity contribution in [1.82, 2.24) is 9.97 Å². The molecule has 2 N–H and O–H groups in total. The van der Waals surface area contributed by atoms with Gasteiger partial charge in [-0.3, -0.25) is 0 Å². The number of rotatable bonds is 4. The fourth-order valence-corrected chi connectivity index (χ4v) is 2.73. The molecule has 100 valence electrons. The monoisotopic (exact) mass is 337 g/mol. The number of aryl methyl sites for hydroxylation is 1. The first-order valence-corrected chi connectivity index (χ1v) is 7.66. The number of aromatic nitrogens is 2. The molecule has 0 bridgehead atoms. The van der Waals surface area contributed by atoms with Crippen molar-refractivity contribution in [1.29, 1.82) is 0 Å². The molecule has 1 atom stereocenters. The lowest BCUT2D eigenvalue weighted by atomic mass is 10.1. The molecule has 0 saturated carbocycles. The Balaban J connectivity index is 2.15. The summed E-state index contributed by atoms with van der Waals surface area (Å²) in [6.45, 7) is 4.07.